The first-order valence-electron chi connectivity index (χ1n) is 8.31. The van der Waals surface area contributed by atoms with E-state index in [1.807, 2.05) is 32.0 Å². The Morgan fingerprint density at radius 2 is 1.77 bits per heavy atom. The molecular weight excluding hydrogens is 352 g/mol. The van der Waals surface area contributed by atoms with Crippen LogP contribution in [-0.2, 0) is 14.8 Å². The van der Waals surface area contributed by atoms with Crippen molar-refractivity contribution in [2.24, 2.45) is 0 Å². The number of amides is 1. The first-order chi connectivity index (χ1) is 12.3. The molecule has 0 radical (unpaired) electrons. The number of anilines is 1. The molecule has 2 rings (SSSR count). The average molecular weight is 376 g/mol. The minimum atomic E-state index is -3.59. The standard InChI is InChI=1S/C19H24N2O4S/c1-14-5-6-15(2)18(13-14)21-19(22)16-7-9-17(10-8-16)26(23,24)20-11-4-12-25-3/h5-10,13,20H,4,11-12H2,1-3H3,(H,21,22). The highest BCUT2D eigenvalue weighted by Crippen LogP contribution is 2.18. The van der Waals surface area contributed by atoms with E-state index in [2.05, 4.69) is 10.0 Å². The van der Waals surface area contributed by atoms with E-state index < -0.39 is 10.0 Å². The lowest BCUT2D eigenvalue weighted by Crippen LogP contribution is -2.25. The number of benzene rings is 2. The van der Waals surface area contributed by atoms with Gasteiger partial charge in [-0.2, -0.15) is 0 Å². The van der Waals surface area contributed by atoms with Gasteiger partial charge in [-0.05, 0) is 61.7 Å². The molecule has 0 saturated heterocycles. The van der Waals surface area contributed by atoms with Crippen molar-refractivity contribution in [1.29, 1.82) is 0 Å². The third-order valence-electron chi connectivity index (χ3n) is 3.89. The Kier molecular flexibility index (Phi) is 6.90. The zero-order valence-corrected chi connectivity index (χ0v) is 16.0. The maximum atomic E-state index is 12.4. The summed E-state index contributed by atoms with van der Waals surface area (Å²) in [6, 6.07) is 11.7. The van der Waals surface area contributed by atoms with Gasteiger partial charge in [0.1, 0.15) is 0 Å². The van der Waals surface area contributed by atoms with Crippen LogP contribution < -0.4 is 10.0 Å². The Morgan fingerprint density at radius 3 is 2.42 bits per heavy atom. The summed E-state index contributed by atoms with van der Waals surface area (Å²) in [5, 5.41) is 2.86. The van der Waals surface area contributed by atoms with Crippen molar-refractivity contribution in [3.8, 4) is 0 Å². The van der Waals surface area contributed by atoms with Gasteiger partial charge in [0.2, 0.25) is 10.0 Å². The molecule has 1 amide bonds. The van der Waals surface area contributed by atoms with Gasteiger partial charge >= 0.3 is 0 Å². The van der Waals surface area contributed by atoms with E-state index in [9.17, 15) is 13.2 Å². The second-order valence-electron chi connectivity index (χ2n) is 6.04. The lowest BCUT2D eigenvalue weighted by Gasteiger charge is -2.10. The van der Waals surface area contributed by atoms with E-state index in [1.165, 1.54) is 24.3 Å². The predicted octanol–water partition coefficient (Wildman–Crippen LogP) is 2.87. The van der Waals surface area contributed by atoms with Crippen molar-refractivity contribution >= 4 is 21.6 Å². The van der Waals surface area contributed by atoms with Crippen LogP contribution in [0, 0.1) is 13.8 Å². The maximum Gasteiger partial charge on any atom is 0.255 e. The van der Waals surface area contributed by atoms with Gasteiger partial charge in [0.15, 0.2) is 0 Å². The molecule has 0 aliphatic rings. The van der Waals surface area contributed by atoms with Gasteiger partial charge in [0, 0.05) is 31.5 Å². The second kappa shape index (κ2) is 8.93. The van der Waals surface area contributed by atoms with Gasteiger partial charge < -0.3 is 10.1 Å². The zero-order chi connectivity index (χ0) is 19.2. The number of aryl methyl sites for hydroxylation is 2. The highest BCUT2D eigenvalue weighted by molar-refractivity contribution is 7.89. The fourth-order valence-corrected chi connectivity index (χ4v) is 3.43. The van der Waals surface area contributed by atoms with Gasteiger partial charge in [-0.3, -0.25) is 4.79 Å². The summed E-state index contributed by atoms with van der Waals surface area (Å²) in [7, 11) is -2.03. The highest BCUT2D eigenvalue weighted by Gasteiger charge is 2.15. The molecule has 0 heterocycles. The topological polar surface area (TPSA) is 84.5 Å². The summed E-state index contributed by atoms with van der Waals surface area (Å²) < 4.78 is 31.8. The Labute approximate surface area is 154 Å². The molecule has 0 aliphatic carbocycles. The molecule has 7 heteroatoms. The van der Waals surface area contributed by atoms with Crippen LogP contribution in [0.3, 0.4) is 0 Å². The number of carbonyl (C=O) groups is 1. The smallest absolute Gasteiger partial charge is 0.255 e. The molecule has 2 aromatic rings. The van der Waals surface area contributed by atoms with Crippen molar-refractivity contribution in [3.05, 3.63) is 59.2 Å². The van der Waals surface area contributed by atoms with E-state index in [0.29, 0.717) is 25.1 Å². The molecule has 140 valence electrons. The summed E-state index contributed by atoms with van der Waals surface area (Å²) in [6.07, 6.45) is 0.589. The monoisotopic (exact) mass is 376 g/mol. The summed E-state index contributed by atoms with van der Waals surface area (Å²) in [6.45, 7) is 4.65. The molecule has 6 nitrogen and oxygen atoms in total. The zero-order valence-electron chi connectivity index (χ0n) is 15.2. The lowest BCUT2D eigenvalue weighted by molar-refractivity contribution is 0.102. The van der Waals surface area contributed by atoms with Gasteiger partial charge in [0.05, 0.1) is 4.90 Å². The molecule has 0 atom stereocenters. The first-order valence-corrected chi connectivity index (χ1v) is 9.79. The maximum absolute atomic E-state index is 12.4. The van der Waals surface area contributed by atoms with Crippen LogP contribution in [-0.4, -0.2) is 34.6 Å². The van der Waals surface area contributed by atoms with Crippen LogP contribution in [0.15, 0.2) is 47.4 Å². The number of carbonyl (C=O) groups excluding carboxylic acids is 1. The van der Waals surface area contributed by atoms with Gasteiger partial charge in [-0.1, -0.05) is 12.1 Å². The number of nitrogens with one attached hydrogen (secondary N) is 2. The van der Waals surface area contributed by atoms with Gasteiger partial charge in [-0.25, -0.2) is 13.1 Å². The summed E-state index contributed by atoms with van der Waals surface area (Å²) >= 11 is 0. The van der Waals surface area contributed by atoms with Crippen LogP contribution in [0.1, 0.15) is 27.9 Å². The van der Waals surface area contributed by atoms with E-state index in [1.54, 1.807) is 7.11 Å². The molecule has 0 bridgehead atoms. The normalized spacial score (nSPS) is 11.3. The number of hydrogen-bond acceptors (Lipinski definition) is 4. The molecule has 0 saturated carbocycles. The number of ether oxygens (including phenoxy) is 1. The third-order valence-corrected chi connectivity index (χ3v) is 5.36. The summed E-state index contributed by atoms with van der Waals surface area (Å²) in [4.78, 5) is 12.5. The predicted molar refractivity (Wildman–Crippen MR) is 102 cm³/mol. The number of rotatable bonds is 8. The fraction of sp³-hybridized carbons (Fsp3) is 0.316. The van der Waals surface area contributed by atoms with Crippen molar-refractivity contribution < 1.29 is 17.9 Å². The van der Waals surface area contributed by atoms with Crippen LogP contribution in [0.25, 0.3) is 0 Å². The molecular formula is C19H24N2O4S. The first kappa shape index (κ1) is 20.1. The van der Waals surface area contributed by atoms with Gasteiger partial charge in [-0.15, -0.1) is 0 Å². The Hall–Kier alpha value is -2.22. The van der Waals surface area contributed by atoms with Crippen molar-refractivity contribution in [2.75, 3.05) is 25.6 Å². The molecule has 2 N–H and O–H groups in total. The lowest BCUT2D eigenvalue weighted by atomic mass is 10.1. The Balaban J connectivity index is 2.06. The van der Waals surface area contributed by atoms with E-state index in [-0.39, 0.29) is 10.8 Å². The fourth-order valence-electron chi connectivity index (χ4n) is 2.36. The van der Waals surface area contributed by atoms with E-state index in [0.717, 1.165) is 16.8 Å². The minimum Gasteiger partial charge on any atom is -0.385 e. The quantitative estimate of drug-likeness (QED) is 0.694. The Morgan fingerprint density at radius 1 is 1.08 bits per heavy atom. The van der Waals surface area contributed by atoms with E-state index in [4.69, 9.17) is 4.74 Å². The molecule has 26 heavy (non-hydrogen) atoms. The van der Waals surface area contributed by atoms with Crippen LogP contribution in [0.5, 0.6) is 0 Å². The molecule has 0 aromatic heterocycles. The minimum absolute atomic E-state index is 0.123. The van der Waals surface area contributed by atoms with Crippen molar-refractivity contribution in [2.45, 2.75) is 25.2 Å². The van der Waals surface area contributed by atoms with Crippen molar-refractivity contribution in [1.82, 2.24) is 4.72 Å². The molecule has 0 fully saturated rings. The van der Waals surface area contributed by atoms with Gasteiger partial charge in [0.25, 0.3) is 5.91 Å². The molecule has 0 spiro atoms. The number of sulfonamides is 1. The molecule has 0 unspecified atom stereocenters. The molecule has 2 aromatic carbocycles. The van der Waals surface area contributed by atoms with Crippen LogP contribution >= 0.6 is 0 Å². The highest BCUT2D eigenvalue weighted by atomic mass is 32.2. The van der Waals surface area contributed by atoms with E-state index >= 15 is 0 Å². The SMILES string of the molecule is COCCCNS(=O)(=O)c1ccc(C(=O)Nc2cc(C)ccc2C)cc1. The van der Waals surface area contributed by atoms with Crippen LogP contribution in [0.2, 0.25) is 0 Å². The number of methoxy groups -OCH3 is 1. The third kappa shape index (κ3) is 5.39. The Bertz CT molecular complexity index is 862. The number of hydrogen-bond donors (Lipinski definition) is 2. The van der Waals surface area contributed by atoms with Crippen LogP contribution in [0.4, 0.5) is 5.69 Å². The molecule has 0 aliphatic heterocycles. The average Bonchev–Trinajstić information content (AvgIpc) is 2.62. The summed E-state index contributed by atoms with van der Waals surface area (Å²) in [5.74, 6) is -0.282. The van der Waals surface area contributed by atoms with Crippen molar-refractivity contribution in [3.63, 3.8) is 0 Å². The second-order valence-corrected chi connectivity index (χ2v) is 7.81. The largest absolute Gasteiger partial charge is 0.385 e. The summed E-state index contributed by atoms with van der Waals surface area (Å²) in [5.41, 5.74) is 3.14.